The van der Waals surface area contributed by atoms with E-state index in [9.17, 15) is 18.0 Å². The number of nitrogens with one attached hydrogen (secondary N) is 1. The van der Waals surface area contributed by atoms with E-state index in [1.54, 1.807) is 24.3 Å². The van der Waals surface area contributed by atoms with E-state index in [1.807, 2.05) is 4.90 Å². The van der Waals surface area contributed by atoms with Gasteiger partial charge in [0.15, 0.2) is 0 Å². The van der Waals surface area contributed by atoms with E-state index in [4.69, 9.17) is 16.3 Å². The van der Waals surface area contributed by atoms with Crippen molar-refractivity contribution in [2.24, 2.45) is 0 Å². The van der Waals surface area contributed by atoms with Crippen LogP contribution in [0.15, 0.2) is 47.4 Å². The third kappa shape index (κ3) is 4.95. The highest BCUT2D eigenvalue weighted by Gasteiger charge is 2.20. The Kier molecular flexibility index (Phi) is 6.56. The molecule has 1 amide bonds. The third-order valence-corrected chi connectivity index (χ3v) is 6.44. The van der Waals surface area contributed by atoms with E-state index >= 15 is 0 Å². The van der Waals surface area contributed by atoms with Gasteiger partial charge in [0, 0.05) is 18.7 Å². The van der Waals surface area contributed by atoms with Gasteiger partial charge in [-0.05, 0) is 55.8 Å². The smallest absolute Gasteiger partial charge is 0.340 e. The van der Waals surface area contributed by atoms with Crippen LogP contribution in [0.4, 0.5) is 0 Å². The van der Waals surface area contributed by atoms with Crippen molar-refractivity contribution in [3.05, 3.63) is 64.2 Å². The van der Waals surface area contributed by atoms with Gasteiger partial charge in [-0.25, -0.2) is 17.9 Å². The monoisotopic (exact) mass is 436 g/mol. The van der Waals surface area contributed by atoms with E-state index < -0.39 is 16.0 Å². The van der Waals surface area contributed by atoms with E-state index in [-0.39, 0.29) is 28.0 Å². The maximum Gasteiger partial charge on any atom is 0.340 e. The fraction of sp³-hybridized carbons (Fsp3) is 0.300. The van der Waals surface area contributed by atoms with Gasteiger partial charge in [-0.3, -0.25) is 4.79 Å². The molecule has 0 unspecified atom stereocenters. The average molecular weight is 437 g/mol. The van der Waals surface area contributed by atoms with E-state index in [0.717, 1.165) is 25.9 Å². The fourth-order valence-electron chi connectivity index (χ4n) is 3.02. The van der Waals surface area contributed by atoms with Crippen molar-refractivity contribution in [1.29, 1.82) is 0 Å². The molecule has 0 saturated carbocycles. The van der Waals surface area contributed by atoms with Crippen LogP contribution in [-0.4, -0.2) is 45.3 Å². The van der Waals surface area contributed by atoms with Crippen LogP contribution in [-0.2, 0) is 21.4 Å². The summed E-state index contributed by atoms with van der Waals surface area (Å²) in [4.78, 5) is 26.5. The normalized spacial score (nSPS) is 14.1. The second-order valence-electron chi connectivity index (χ2n) is 6.62. The van der Waals surface area contributed by atoms with Crippen LogP contribution in [0.5, 0.6) is 0 Å². The number of likely N-dealkylation sites (tertiary alicyclic amines) is 1. The molecular weight excluding hydrogens is 416 g/mol. The molecule has 0 spiro atoms. The summed E-state index contributed by atoms with van der Waals surface area (Å²) in [6.07, 6.45) is 2.05. The number of amides is 1. The molecule has 29 heavy (non-hydrogen) atoms. The minimum absolute atomic E-state index is 0.000356. The molecule has 154 valence electrons. The standard InChI is InChI=1S/C20H21ClN2O5S/c1-22-29(26,27)16-8-9-18(21)17(12-16)20(25)28-13-14-4-6-15(7-5-14)19(24)23-10-2-3-11-23/h4-9,12,22H,2-3,10-11,13H2,1H3. The van der Waals surface area contributed by atoms with Crippen LogP contribution in [0.1, 0.15) is 39.1 Å². The molecule has 2 aromatic rings. The number of halogens is 1. The van der Waals surface area contributed by atoms with Gasteiger partial charge >= 0.3 is 5.97 Å². The summed E-state index contributed by atoms with van der Waals surface area (Å²) in [5.74, 6) is -0.735. The Labute approximate surface area is 174 Å². The minimum Gasteiger partial charge on any atom is -0.457 e. The highest BCUT2D eigenvalue weighted by Crippen LogP contribution is 2.22. The molecule has 1 saturated heterocycles. The lowest BCUT2D eigenvalue weighted by atomic mass is 10.1. The average Bonchev–Trinajstić information content (AvgIpc) is 3.27. The quantitative estimate of drug-likeness (QED) is 0.703. The van der Waals surface area contributed by atoms with Crippen LogP contribution in [0.2, 0.25) is 5.02 Å². The molecule has 1 heterocycles. The van der Waals surface area contributed by atoms with E-state index in [2.05, 4.69) is 4.72 Å². The molecule has 0 bridgehead atoms. The van der Waals surface area contributed by atoms with Crippen LogP contribution >= 0.6 is 11.6 Å². The van der Waals surface area contributed by atoms with E-state index in [1.165, 1.54) is 25.2 Å². The minimum atomic E-state index is -3.71. The largest absolute Gasteiger partial charge is 0.457 e. The summed E-state index contributed by atoms with van der Waals surface area (Å²) in [5, 5.41) is 0.0941. The second-order valence-corrected chi connectivity index (χ2v) is 8.92. The summed E-state index contributed by atoms with van der Waals surface area (Å²) in [6.45, 7) is 1.53. The maximum atomic E-state index is 12.4. The lowest BCUT2D eigenvalue weighted by Gasteiger charge is -2.15. The topological polar surface area (TPSA) is 92.8 Å². The van der Waals surface area contributed by atoms with Crippen LogP contribution in [0.25, 0.3) is 0 Å². The first kappa shape index (κ1) is 21.3. The molecular formula is C20H21ClN2O5S. The number of benzene rings is 2. The number of hydrogen-bond donors (Lipinski definition) is 1. The summed E-state index contributed by atoms with van der Waals surface area (Å²) in [5.41, 5.74) is 1.25. The van der Waals surface area contributed by atoms with Crippen molar-refractivity contribution in [3.8, 4) is 0 Å². The molecule has 1 N–H and O–H groups in total. The molecule has 0 radical (unpaired) electrons. The number of sulfonamides is 1. The van der Waals surface area contributed by atoms with Crippen molar-refractivity contribution < 1.29 is 22.7 Å². The number of esters is 1. The zero-order chi connectivity index (χ0) is 21.0. The molecule has 2 aromatic carbocycles. The van der Waals surface area contributed by atoms with Crippen LogP contribution in [0.3, 0.4) is 0 Å². The number of carbonyl (C=O) groups is 2. The van der Waals surface area contributed by atoms with Gasteiger partial charge in [0.25, 0.3) is 5.91 Å². The van der Waals surface area contributed by atoms with E-state index in [0.29, 0.717) is 11.1 Å². The summed E-state index contributed by atoms with van der Waals surface area (Å²) in [6, 6.07) is 10.7. The van der Waals surface area contributed by atoms with Crippen LogP contribution < -0.4 is 4.72 Å². The Morgan fingerprint density at radius 2 is 1.76 bits per heavy atom. The number of hydrogen-bond acceptors (Lipinski definition) is 5. The summed E-state index contributed by atoms with van der Waals surface area (Å²) < 4.78 is 31.3. The first-order chi connectivity index (χ1) is 13.8. The van der Waals surface area contributed by atoms with Gasteiger partial charge in [0.05, 0.1) is 15.5 Å². The van der Waals surface area contributed by atoms with Crippen molar-refractivity contribution in [1.82, 2.24) is 9.62 Å². The molecule has 3 rings (SSSR count). The lowest BCUT2D eigenvalue weighted by Crippen LogP contribution is -2.27. The predicted molar refractivity (Wildman–Crippen MR) is 108 cm³/mol. The maximum absolute atomic E-state index is 12.4. The highest BCUT2D eigenvalue weighted by molar-refractivity contribution is 7.89. The second kappa shape index (κ2) is 8.94. The molecule has 0 atom stereocenters. The number of rotatable bonds is 6. The number of carbonyl (C=O) groups excluding carboxylic acids is 2. The van der Waals surface area contributed by atoms with Crippen molar-refractivity contribution in [2.75, 3.05) is 20.1 Å². The molecule has 1 aliphatic rings. The van der Waals surface area contributed by atoms with Gasteiger partial charge in [0.2, 0.25) is 10.0 Å². The first-order valence-electron chi connectivity index (χ1n) is 9.10. The number of nitrogens with zero attached hydrogens (tertiary/aromatic N) is 1. The highest BCUT2D eigenvalue weighted by atomic mass is 35.5. The number of ether oxygens (including phenoxy) is 1. The molecule has 0 aromatic heterocycles. The van der Waals surface area contributed by atoms with Gasteiger partial charge in [0.1, 0.15) is 6.61 Å². The van der Waals surface area contributed by atoms with Crippen molar-refractivity contribution in [3.63, 3.8) is 0 Å². The Balaban J connectivity index is 1.66. The molecule has 7 nitrogen and oxygen atoms in total. The van der Waals surface area contributed by atoms with Crippen molar-refractivity contribution in [2.45, 2.75) is 24.3 Å². The van der Waals surface area contributed by atoms with Gasteiger partial charge < -0.3 is 9.64 Å². The van der Waals surface area contributed by atoms with Crippen molar-refractivity contribution >= 4 is 33.5 Å². The summed E-state index contributed by atoms with van der Waals surface area (Å²) in [7, 11) is -2.43. The predicted octanol–water partition coefficient (Wildman–Crippen LogP) is 2.84. The zero-order valence-corrected chi connectivity index (χ0v) is 17.4. The molecule has 9 heteroatoms. The molecule has 1 fully saturated rings. The third-order valence-electron chi connectivity index (χ3n) is 4.70. The summed E-state index contributed by atoms with van der Waals surface area (Å²) >= 11 is 6.03. The van der Waals surface area contributed by atoms with Gasteiger partial charge in [-0.1, -0.05) is 23.7 Å². The lowest BCUT2D eigenvalue weighted by molar-refractivity contribution is 0.0472. The Hall–Kier alpha value is -2.42. The fourth-order valence-corrected chi connectivity index (χ4v) is 3.97. The Bertz CT molecular complexity index is 1020. The molecule has 0 aliphatic carbocycles. The SMILES string of the molecule is CNS(=O)(=O)c1ccc(Cl)c(C(=O)OCc2ccc(C(=O)N3CCCC3)cc2)c1. The molecule has 1 aliphatic heterocycles. The first-order valence-corrected chi connectivity index (χ1v) is 11.0. The zero-order valence-electron chi connectivity index (χ0n) is 15.9. The van der Waals surface area contributed by atoms with Crippen LogP contribution in [0, 0.1) is 0 Å². The van der Waals surface area contributed by atoms with Gasteiger partial charge in [-0.2, -0.15) is 0 Å². The Morgan fingerprint density at radius 3 is 2.38 bits per heavy atom. The Morgan fingerprint density at radius 1 is 1.10 bits per heavy atom. The van der Waals surface area contributed by atoms with Gasteiger partial charge in [-0.15, -0.1) is 0 Å².